The molecule has 40 heavy (non-hydrogen) atoms. The second-order valence-electron chi connectivity index (χ2n) is 8.78. The van der Waals surface area contributed by atoms with E-state index in [-0.39, 0.29) is 40.3 Å². The molecule has 12 heteroatoms. The third-order valence-corrected chi connectivity index (χ3v) is 6.15. The lowest BCUT2D eigenvalue weighted by atomic mass is 9.91. The molecular weight excluding hydrogens is 531 g/mol. The van der Waals surface area contributed by atoms with Crippen molar-refractivity contribution >= 4 is 23.1 Å². The fourth-order valence-corrected chi connectivity index (χ4v) is 4.17. The number of anilines is 1. The highest BCUT2D eigenvalue weighted by atomic mass is 19.4. The summed E-state index contributed by atoms with van der Waals surface area (Å²) in [6, 6.07) is 11.2. The van der Waals surface area contributed by atoms with Crippen molar-refractivity contribution in [2.75, 3.05) is 19.5 Å². The Balaban J connectivity index is 1.70. The zero-order chi connectivity index (χ0) is 28.9. The third-order valence-electron chi connectivity index (χ3n) is 6.15. The highest BCUT2D eigenvalue weighted by molar-refractivity contribution is 6.07. The fraction of sp³-hybridized carbons (Fsp3) is 0.250. The van der Waals surface area contributed by atoms with Gasteiger partial charge in [0.1, 0.15) is 17.2 Å². The Morgan fingerprint density at radius 2 is 1.82 bits per heavy atom. The number of pyridine rings is 1. The van der Waals surface area contributed by atoms with E-state index < -0.39 is 23.9 Å². The van der Waals surface area contributed by atoms with Crippen molar-refractivity contribution in [2.45, 2.75) is 31.7 Å². The van der Waals surface area contributed by atoms with Crippen LogP contribution in [-0.4, -0.2) is 43.5 Å². The molecule has 3 aromatic rings. The maximum absolute atomic E-state index is 13.3. The summed E-state index contributed by atoms with van der Waals surface area (Å²) in [6.45, 7) is 0. The van der Waals surface area contributed by atoms with Gasteiger partial charge in [-0.2, -0.15) is 0 Å². The van der Waals surface area contributed by atoms with E-state index >= 15 is 0 Å². The molecule has 1 heterocycles. The van der Waals surface area contributed by atoms with Gasteiger partial charge in [0, 0.05) is 25.1 Å². The summed E-state index contributed by atoms with van der Waals surface area (Å²) in [5.74, 6) is -1.69. The first-order valence-corrected chi connectivity index (χ1v) is 12.1. The van der Waals surface area contributed by atoms with E-state index in [1.807, 2.05) is 0 Å². The number of allylic oxidation sites excluding steroid dienone is 1. The first-order valence-electron chi connectivity index (χ1n) is 12.1. The maximum Gasteiger partial charge on any atom is 0.573 e. The van der Waals surface area contributed by atoms with Crippen molar-refractivity contribution in [1.29, 1.82) is 0 Å². The van der Waals surface area contributed by atoms with E-state index in [2.05, 4.69) is 21.1 Å². The predicted molar refractivity (Wildman–Crippen MR) is 140 cm³/mol. The Hall–Kier alpha value is -4.58. The van der Waals surface area contributed by atoms with E-state index in [0.29, 0.717) is 0 Å². The molecule has 1 atom stereocenters. The highest BCUT2D eigenvalue weighted by Gasteiger charge is 2.31. The minimum Gasteiger partial charge on any atom is -0.493 e. The highest BCUT2D eigenvalue weighted by Crippen LogP contribution is 2.39. The number of benzene rings is 2. The summed E-state index contributed by atoms with van der Waals surface area (Å²) >= 11 is 0. The molecule has 0 spiro atoms. The number of aromatic nitrogens is 1. The predicted octanol–water partition coefficient (Wildman–Crippen LogP) is 5.71. The zero-order valence-corrected chi connectivity index (χ0v) is 21.6. The van der Waals surface area contributed by atoms with Gasteiger partial charge in [-0.05, 0) is 66.8 Å². The van der Waals surface area contributed by atoms with Gasteiger partial charge in [0.05, 0.1) is 18.8 Å². The van der Waals surface area contributed by atoms with E-state index in [1.54, 1.807) is 25.3 Å². The van der Waals surface area contributed by atoms with Crippen LogP contribution in [0.4, 0.5) is 18.9 Å². The number of primary amides is 1. The van der Waals surface area contributed by atoms with Crippen LogP contribution < -0.4 is 25.3 Å². The van der Waals surface area contributed by atoms with Crippen LogP contribution in [0.25, 0.3) is 5.57 Å². The van der Waals surface area contributed by atoms with Crippen molar-refractivity contribution in [3.05, 3.63) is 77.6 Å². The summed E-state index contributed by atoms with van der Waals surface area (Å²) in [5, 5.41) is 2.68. The molecule has 3 N–H and O–H groups in total. The molecule has 1 aromatic heterocycles. The standard InChI is InChI=1S/C28H26F3N3O6/c1-37-19-6-3-16(4-7-19)17-5-9-21(27(36)34-18-11-12-33-22(14-18)26(32)35)24(13-17)39-23-10-8-20(15-25(23)38-2)40-28(29,30)31/h3,5,8-15,19H,4,6-7H2,1-2H3,(H2,32,35)(H,33,34,36). The number of amides is 2. The molecule has 1 aliphatic carbocycles. The van der Waals surface area contributed by atoms with Gasteiger partial charge in [-0.1, -0.05) is 12.1 Å². The minimum absolute atomic E-state index is 0.0332. The molecule has 0 aliphatic heterocycles. The van der Waals surface area contributed by atoms with Crippen LogP contribution in [0.15, 0.2) is 60.8 Å². The number of hydrogen-bond donors (Lipinski definition) is 2. The van der Waals surface area contributed by atoms with Crippen molar-refractivity contribution in [2.24, 2.45) is 5.73 Å². The van der Waals surface area contributed by atoms with Gasteiger partial charge < -0.3 is 30.0 Å². The van der Waals surface area contributed by atoms with Crippen LogP contribution in [0.1, 0.15) is 45.7 Å². The van der Waals surface area contributed by atoms with E-state index in [4.69, 9.17) is 19.9 Å². The quantitative estimate of drug-likeness (QED) is 0.345. The van der Waals surface area contributed by atoms with Crippen LogP contribution in [-0.2, 0) is 4.74 Å². The molecule has 4 rings (SSSR count). The normalized spacial score (nSPS) is 15.1. The van der Waals surface area contributed by atoms with Crippen molar-refractivity contribution in [3.8, 4) is 23.0 Å². The number of carbonyl (C=O) groups is 2. The molecular formula is C28H26F3N3O6. The van der Waals surface area contributed by atoms with Gasteiger partial charge in [-0.3, -0.25) is 14.6 Å². The largest absolute Gasteiger partial charge is 0.573 e. The van der Waals surface area contributed by atoms with Crippen LogP contribution >= 0.6 is 0 Å². The molecule has 0 saturated carbocycles. The lowest BCUT2D eigenvalue weighted by Gasteiger charge is -2.22. The maximum atomic E-state index is 13.3. The lowest BCUT2D eigenvalue weighted by molar-refractivity contribution is -0.274. The van der Waals surface area contributed by atoms with Gasteiger partial charge in [0.15, 0.2) is 11.5 Å². The number of rotatable bonds is 9. The molecule has 2 amide bonds. The molecule has 0 fully saturated rings. The third kappa shape index (κ3) is 7.08. The average Bonchev–Trinajstić information content (AvgIpc) is 2.93. The molecule has 210 valence electrons. The molecule has 9 nitrogen and oxygen atoms in total. The topological polar surface area (TPSA) is 122 Å². The number of carbonyl (C=O) groups excluding carboxylic acids is 2. The number of halogens is 3. The van der Waals surface area contributed by atoms with E-state index in [0.717, 1.165) is 42.5 Å². The molecule has 0 saturated heterocycles. The summed E-state index contributed by atoms with van der Waals surface area (Å²) < 4.78 is 58.8. The second kappa shape index (κ2) is 12.1. The second-order valence-corrected chi connectivity index (χ2v) is 8.78. The summed E-state index contributed by atoms with van der Waals surface area (Å²) in [5.41, 5.74) is 7.47. The number of alkyl halides is 3. The molecule has 1 aliphatic rings. The minimum atomic E-state index is -4.89. The number of nitrogens with one attached hydrogen (secondary N) is 1. The smallest absolute Gasteiger partial charge is 0.493 e. The Labute approximate surface area is 227 Å². The van der Waals surface area contributed by atoms with E-state index in [9.17, 15) is 22.8 Å². The summed E-state index contributed by atoms with van der Waals surface area (Å²) in [7, 11) is 2.93. The van der Waals surface area contributed by atoms with Gasteiger partial charge in [0.2, 0.25) is 0 Å². The van der Waals surface area contributed by atoms with Crippen LogP contribution in [0, 0.1) is 0 Å². The van der Waals surface area contributed by atoms with Crippen molar-refractivity contribution in [3.63, 3.8) is 0 Å². The zero-order valence-electron chi connectivity index (χ0n) is 21.6. The van der Waals surface area contributed by atoms with E-state index in [1.165, 1.54) is 31.5 Å². The van der Waals surface area contributed by atoms with Gasteiger partial charge in [-0.15, -0.1) is 13.2 Å². The monoisotopic (exact) mass is 557 g/mol. The average molecular weight is 558 g/mol. The molecule has 1 unspecified atom stereocenters. The summed E-state index contributed by atoms with van der Waals surface area (Å²) in [4.78, 5) is 28.6. The SMILES string of the molecule is COc1cc(OC(F)(F)F)ccc1Oc1cc(C2=CCC(OC)CC2)ccc1C(=O)Nc1ccnc(C(N)=O)c1. The molecule has 0 radical (unpaired) electrons. The summed E-state index contributed by atoms with van der Waals surface area (Å²) in [6.07, 6.45) is 0.907. The number of hydrogen-bond acceptors (Lipinski definition) is 7. The number of methoxy groups -OCH3 is 2. The Morgan fingerprint density at radius 1 is 1.02 bits per heavy atom. The number of nitrogens with two attached hydrogens (primary N) is 1. The fourth-order valence-electron chi connectivity index (χ4n) is 4.17. The Kier molecular flexibility index (Phi) is 8.58. The van der Waals surface area contributed by atoms with Crippen LogP contribution in [0.3, 0.4) is 0 Å². The molecule has 2 aromatic carbocycles. The first-order chi connectivity index (χ1) is 19.1. The Morgan fingerprint density at radius 3 is 2.48 bits per heavy atom. The van der Waals surface area contributed by atoms with Crippen molar-refractivity contribution in [1.82, 2.24) is 4.98 Å². The Bertz CT molecular complexity index is 1440. The number of ether oxygens (including phenoxy) is 4. The first kappa shape index (κ1) is 28.4. The van der Waals surface area contributed by atoms with Gasteiger partial charge in [-0.25, -0.2) is 0 Å². The van der Waals surface area contributed by atoms with Gasteiger partial charge >= 0.3 is 6.36 Å². The van der Waals surface area contributed by atoms with Crippen LogP contribution in [0.5, 0.6) is 23.0 Å². The number of nitrogens with zero attached hydrogens (tertiary/aromatic N) is 1. The lowest BCUT2D eigenvalue weighted by Crippen LogP contribution is -2.17. The molecule has 0 bridgehead atoms. The van der Waals surface area contributed by atoms with Crippen molar-refractivity contribution < 1.29 is 41.7 Å². The van der Waals surface area contributed by atoms with Gasteiger partial charge in [0.25, 0.3) is 11.8 Å². The van der Waals surface area contributed by atoms with Crippen LogP contribution in [0.2, 0.25) is 0 Å².